The molecule has 2 unspecified atom stereocenters. The summed E-state index contributed by atoms with van der Waals surface area (Å²) < 4.78 is 16.9. The molecule has 0 spiro atoms. The van der Waals surface area contributed by atoms with E-state index in [1.807, 2.05) is 0 Å². The highest BCUT2D eigenvalue weighted by molar-refractivity contribution is 4.58. The third kappa shape index (κ3) is 22.0. The average molecular weight is 387 g/mol. The van der Waals surface area contributed by atoms with Gasteiger partial charge < -0.3 is 14.2 Å². The van der Waals surface area contributed by atoms with Crippen LogP contribution in [0.3, 0.4) is 0 Å². The van der Waals surface area contributed by atoms with Crippen LogP contribution in [0.5, 0.6) is 0 Å². The highest BCUT2D eigenvalue weighted by Crippen LogP contribution is 2.15. The van der Waals surface area contributed by atoms with Crippen LogP contribution in [0.2, 0.25) is 0 Å². The topological polar surface area (TPSA) is 27.7 Å². The number of rotatable bonds is 22. The van der Waals surface area contributed by atoms with E-state index in [1.54, 1.807) is 0 Å². The first kappa shape index (κ1) is 26.9. The summed E-state index contributed by atoms with van der Waals surface area (Å²) in [6, 6.07) is 0. The first-order chi connectivity index (χ1) is 13.2. The molecule has 0 heterocycles. The number of hydrogen-bond acceptors (Lipinski definition) is 3. The summed E-state index contributed by atoms with van der Waals surface area (Å²) in [7, 11) is 0. The molecule has 0 aromatic carbocycles. The van der Waals surface area contributed by atoms with Gasteiger partial charge in [-0.3, -0.25) is 0 Å². The Morgan fingerprint density at radius 1 is 0.481 bits per heavy atom. The van der Waals surface area contributed by atoms with Gasteiger partial charge in [-0.05, 0) is 53.4 Å². The number of ether oxygens (including phenoxy) is 3. The molecule has 0 rings (SSSR count). The monoisotopic (exact) mass is 386 g/mol. The fourth-order valence-corrected chi connectivity index (χ4v) is 3.51. The van der Waals surface area contributed by atoms with Crippen molar-refractivity contribution in [1.82, 2.24) is 0 Å². The summed E-state index contributed by atoms with van der Waals surface area (Å²) >= 11 is 0. The van der Waals surface area contributed by atoms with Crippen molar-refractivity contribution in [2.45, 2.75) is 130 Å². The third-order valence-electron chi connectivity index (χ3n) is 5.17. The first-order valence-corrected chi connectivity index (χ1v) is 12.0. The lowest BCUT2D eigenvalue weighted by Crippen LogP contribution is -2.17. The van der Waals surface area contributed by atoms with Crippen molar-refractivity contribution < 1.29 is 14.2 Å². The molecular formula is C24H50O3. The summed E-state index contributed by atoms with van der Waals surface area (Å²) in [5.74, 6) is 0. The van der Waals surface area contributed by atoms with E-state index in [9.17, 15) is 0 Å². The summed E-state index contributed by atoms with van der Waals surface area (Å²) in [4.78, 5) is 0. The quantitative estimate of drug-likeness (QED) is 0.182. The maximum Gasteiger partial charge on any atom is 0.0550 e. The van der Waals surface area contributed by atoms with Crippen LogP contribution in [0.1, 0.15) is 118 Å². The molecule has 3 nitrogen and oxygen atoms in total. The molecule has 0 saturated heterocycles. The van der Waals surface area contributed by atoms with Gasteiger partial charge in [0, 0.05) is 26.4 Å². The first-order valence-electron chi connectivity index (χ1n) is 12.0. The fraction of sp³-hybridized carbons (Fsp3) is 1.00. The Labute approximate surface area is 170 Å². The van der Waals surface area contributed by atoms with E-state index in [4.69, 9.17) is 14.2 Å². The normalized spacial score (nSPS) is 13.8. The van der Waals surface area contributed by atoms with E-state index in [0.29, 0.717) is 12.2 Å². The van der Waals surface area contributed by atoms with Gasteiger partial charge >= 0.3 is 0 Å². The van der Waals surface area contributed by atoms with Crippen LogP contribution in [0.15, 0.2) is 0 Å². The predicted octanol–water partition coefficient (Wildman–Crippen LogP) is 7.31. The lowest BCUT2D eigenvalue weighted by atomic mass is 10.1. The van der Waals surface area contributed by atoms with Crippen molar-refractivity contribution >= 4 is 0 Å². The van der Waals surface area contributed by atoms with Crippen molar-refractivity contribution in [1.29, 1.82) is 0 Å². The smallest absolute Gasteiger partial charge is 0.0550 e. The largest absolute Gasteiger partial charge is 0.382 e. The van der Waals surface area contributed by atoms with Gasteiger partial charge in [0.05, 0.1) is 12.2 Å². The molecule has 2 atom stereocenters. The summed E-state index contributed by atoms with van der Waals surface area (Å²) in [5, 5.41) is 0. The Bertz CT molecular complexity index is 244. The standard InChI is InChI=1S/C24H50O3/c1-5-25-21-17-13-9-7-11-15-19-23(3)27-24(4)20-16-12-8-10-14-18-22-26-6-2/h23-24H,5-22H2,1-4H3. The second-order valence-electron chi connectivity index (χ2n) is 7.97. The fourth-order valence-electron chi connectivity index (χ4n) is 3.51. The van der Waals surface area contributed by atoms with E-state index < -0.39 is 0 Å². The van der Waals surface area contributed by atoms with Crippen LogP contribution < -0.4 is 0 Å². The van der Waals surface area contributed by atoms with Crippen LogP contribution in [-0.2, 0) is 14.2 Å². The Balaban J connectivity index is 3.30. The zero-order chi connectivity index (χ0) is 20.0. The zero-order valence-corrected chi connectivity index (χ0v) is 19.1. The van der Waals surface area contributed by atoms with Gasteiger partial charge in [-0.25, -0.2) is 0 Å². The van der Waals surface area contributed by atoms with Crippen molar-refractivity contribution in [3.05, 3.63) is 0 Å². The molecule has 0 aliphatic rings. The molecule has 164 valence electrons. The Morgan fingerprint density at radius 2 is 0.815 bits per heavy atom. The minimum Gasteiger partial charge on any atom is -0.382 e. The lowest BCUT2D eigenvalue weighted by molar-refractivity contribution is -0.00232. The van der Waals surface area contributed by atoms with Gasteiger partial charge in [0.15, 0.2) is 0 Å². The van der Waals surface area contributed by atoms with Crippen LogP contribution in [0.4, 0.5) is 0 Å². The number of unbranched alkanes of at least 4 members (excludes halogenated alkanes) is 10. The molecule has 0 aromatic heterocycles. The molecular weight excluding hydrogens is 336 g/mol. The van der Waals surface area contributed by atoms with Crippen molar-refractivity contribution in [3.8, 4) is 0 Å². The van der Waals surface area contributed by atoms with E-state index >= 15 is 0 Å². The zero-order valence-electron chi connectivity index (χ0n) is 19.1. The van der Waals surface area contributed by atoms with Crippen molar-refractivity contribution in [3.63, 3.8) is 0 Å². The maximum absolute atomic E-state index is 6.16. The molecule has 0 radical (unpaired) electrons. The molecule has 0 N–H and O–H groups in total. The lowest BCUT2D eigenvalue weighted by Gasteiger charge is -2.19. The summed E-state index contributed by atoms with van der Waals surface area (Å²) in [6.07, 6.45) is 19.1. The molecule has 0 fully saturated rings. The van der Waals surface area contributed by atoms with Crippen LogP contribution in [0.25, 0.3) is 0 Å². The second kappa shape index (κ2) is 22.2. The molecule has 27 heavy (non-hydrogen) atoms. The van der Waals surface area contributed by atoms with Crippen LogP contribution in [-0.4, -0.2) is 38.6 Å². The van der Waals surface area contributed by atoms with Gasteiger partial charge in [-0.15, -0.1) is 0 Å². The van der Waals surface area contributed by atoms with Gasteiger partial charge in [0.25, 0.3) is 0 Å². The van der Waals surface area contributed by atoms with Gasteiger partial charge in [-0.1, -0.05) is 64.2 Å². The Kier molecular flexibility index (Phi) is 22.1. The molecule has 0 saturated carbocycles. The molecule has 0 amide bonds. The molecule has 0 aliphatic carbocycles. The number of hydrogen-bond donors (Lipinski definition) is 0. The van der Waals surface area contributed by atoms with Gasteiger partial charge in [0.1, 0.15) is 0 Å². The maximum atomic E-state index is 6.16. The van der Waals surface area contributed by atoms with Crippen LogP contribution in [0, 0.1) is 0 Å². The minimum absolute atomic E-state index is 0.413. The second-order valence-corrected chi connectivity index (χ2v) is 7.97. The molecule has 0 bridgehead atoms. The van der Waals surface area contributed by atoms with E-state index in [1.165, 1.54) is 89.9 Å². The van der Waals surface area contributed by atoms with Crippen LogP contribution >= 0.6 is 0 Å². The highest BCUT2D eigenvalue weighted by atomic mass is 16.5. The van der Waals surface area contributed by atoms with Gasteiger partial charge in [-0.2, -0.15) is 0 Å². The van der Waals surface area contributed by atoms with E-state index in [2.05, 4.69) is 27.7 Å². The van der Waals surface area contributed by atoms with E-state index in [-0.39, 0.29) is 0 Å². The van der Waals surface area contributed by atoms with Crippen molar-refractivity contribution in [2.75, 3.05) is 26.4 Å². The molecule has 0 aliphatic heterocycles. The molecule has 0 aromatic rings. The highest BCUT2D eigenvalue weighted by Gasteiger charge is 2.08. The minimum atomic E-state index is 0.413. The van der Waals surface area contributed by atoms with E-state index in [0.717, 1.165) is 26.4 Å². The predicted molar refractivity (Wildman–Crippen MR) is 118 cm³/mol. The Hall–Kier alpha value is -0.120. The average Bonchev–Trinajstić information content (AvgIpc) is 2.65. The third-order valence-corrected chi connectivity index (χ3v) is 5.17. The van der Waals surface area contributed by atoms with Crippen molar-refractivity contribution in [2.24, 2.45) is 0 Å². The summed E-state index contributed by atoms with van der Waals surface area (Å²) in [6.45, 7) is 12.2. The molecule has 3 heteroatoms. The summed E-state index contributed by atoms with van der Waals surface area (Å²) in [5.41, 5.74) is 0. The Morgan fingerprint density at radius 3 is 1.19 bits per heavy atom. The van der Waals surface area contributed by atoms with Gasteiger partial charge in [0.2, 0.25) is 0 Å². The SMILES string of the molecule is CCOCCCCCCCCC(C)OC(C)CCCCCCCCOCC.